The zero-order valence-electron chi connectivity index (χ0n) is 15.5. The Bertz CT molecular complexity index is 1080. The minimum absolute atomic E-state index is 0.00346. The van der Waals surface area contributed by atoms with Crippen molar-refractivity contribution < 1.29 is 19.1 Å². The van der Waals surface area contributed by atoms with Gasteiger partial charge in [0.25, 0.3) is 11.7 Å². The summed E-state index contributed by atoms with van der Waals surface area (Å²) in [5.41, 5.74) is 1.85. The van der Waals surface area contributed by atoms with Gasteiger partial charge in [-0.1, -0.05) is 72.8 Å². The van der Waals surface area contributed by atoms with Crippen LogP contribution in [0.5, 0.6) is 0 Å². The Kier molecular flexibility index (Phi) is 4.96. The minimum atomic E-state index is -0.809. The Morgan fingerprint density at radius 2 is 1.45 bits per heavy atom. The molecule has 4 rings (SSSR count). The van der Waals surface area contributed by atoms with E-state index in [-0.39, 0.29) is 17.9 Å². The molecule has 1 amide bonds. The van der Waals surface area contributed by atoms with Gasteiger partial charge < -0.3 is 10.0 Å². The van der Waals surface area contributed by atoms with Gasteiger partial charge in [0.15, 0.2) is 0 Å². The lowest BCUT2D eigenvalue weighted by atomic mass is 9.95. The summed E-state index contributed by atoms with van der Waals surface area (Å²) in [5, 5.41) is 10.9. The summed E-state index contributed by atoms with van der Waals surface area (Å²) in [4.78, 5) is 27.2. The van der Waals surface area contributed by atoms with Crippen LogP contribution < -0.4 is 0 Å². The van der Waals surface area contributed by atoms with Gasteiger partial charge in [-0.2, -0.15) is 0 Å². The molecule has 3 aromatic rings. The van der Waals surface area contributed by atoms with Crippen molar-refractivity contribution in [3.05, 3.63) is 113 Å². The van der Waals surface area contributed by atoms with Gasteiger partial charge in [-0.15, -0.1) is 0 Å². The molecular weight excluding hydrogens is 369 g/mol. The summed E-state index contributed by atoms with van der Waals surface area (Å²) in [6.07, 6.45) is 0. The molecule has 144 valence electrons. The van der Waals surface area contributed by atoms with E-state index in [0.717, 1.165) is 5.56 Å². The zero-order chi connectivity index (χ0) is 20.4. The molecule has 1 heterocycles. The largest absolute Gasteiger partial charge is 0.507 e. The van der Waals surface area contributed by atoms with E-state index in [9.17, 15) is 19.1 Å². The van der Waals surface area contributed by atoms with Crippen LogP contribution in [0, 0.1) is 5.82 Å². The van der Waals surface area contributed by atoms with Crippen LogP contribution in [0.2, 0.25) is 0 Å². The maximum Gasteiger partial charge on any atom is 0.295 e. The van der Waals surface area contributed by atoms with Crippen LogP contribution in [0.15, 0.2) is 90.5 Å². The summed E-state index contributed by atoms with van der Waals surface area (Å²) in [6.45, 7) is 0.193. The summed E-state index contributed by atoms with van der Waals surface area (Å²) in [7, 11) is 0. The lowest BCUT2D eigenvalue weighted by Gasteiger charge is -2.25. The normalized spacial score (nSPS) is 18.2. The number of halogens is 1. The van der Waals surface area contributed by atoms with E-state index in [1.807, 2.05) is 30.3 Å². The maximum absolute atomic E-state index is 13.5. The Morgan fingerprint density at radius 1 is 0.862 bits per heavy atom. The van der Waals surface area contributed by atoms with Crippen molar-refractivity contribution in [1.29, 1.82) is 0 Å². The number of aliphatic hydroxyl groups excluding tert-OH is 1. The van der Waals surface area contributed by atoms with Gasteiger partial charge in [0.2, 0.25) is 0 Å². The molecule has 0 aromatic heterocycles. The molecule has 1 N–H and O–H groups in total. The molecule has 1 atom stereocenters. The smallest absolute Gasteiger partial charge is 0.295 e. The van der Waals surface area contributed by atoms with Crippen LogP contribution >= 0.6 is 0 Å². The summed E-state index contributed by atoms with van der Waals surface area (Å²) in [6, 6.07) is 22.7. The SMILES string of the molecule is O=C1C(=O)N(Cc2ccccc2)[C@@H](c2ccc(F)cc2)C1=C(O)c1ccccc1. The van der Waals surface area contributed by atoms with Crippen molar-refractivity contribution in [1.82, 2.24) is 4.90 Å². The second kappa shape index (κ2) is 7.72. The van der Waals surface area contributed by atoms with Crippen molar-refractivity contribution in [3.63, 3.8) is 0 Å². The first kappa shape index (κ1) is 18.6. The number of amides is 1. The number of benzene rings is 3. The van der Waals surface area contributed by atoms with Crippen LogP contribution in [0.4, 0.5) is 4.39 Å². The number of ketones is 1. The number of rotatable bonds is 4. The fraction of sp³-hybridized carbons (Fsp3) is 0.0833. The molecule has 1 fully saturated rings. The highest BCUT2D eigenvalue weighted by molar-refractivity contribution is 6.46. The van der Waals surface area contributed by atoms with Crippen molar-refractivity contribution >= 4 is 17.4 Å². The van der Waals surface area contributed by atoms with Gasteiger partial charge in [-0.25, -0.2) is 4.39 Å². The van der Waals surface area contributed by atoms with E-state index in [2.05, 4.69) is 0 Å². The van der Waals surface area contributed by atoms with Crippen LogP contribution in [0.25, 0.3) is 5.76 Å². The molecule has 0 saturated carbocycles. The number of hydrogen-bond acceptors (Lipinski definition) is 3. The Morgan fingerprint density at radius 3 is 2.07 bits per heavy atom. The summed E-state index contributed by atoms with van der Waals surface area (Å²) >= 11 is 0. The van der Waals surface area contributed by atoms with Crippen LogP contribution in [0.3, 0.4) is 0 Å². The average Bonchev–Trinajstić information content (AvgIpc) is 3.00. The molecule has 1 aliphatic heterocycles. The standard InChI is InChI=1S/C24H18FNO3/c25-19-13-11-17(12-14-19)21-20(22(27)18-9-5-2-6-10-18)23(28)24(29)26(21)15-16-7-3-1-4-8-16/h1-14,21,27H,15H2/t21-/m0/s1. The van der Waals surface area contributed by atoms with E-state index in [1.54, 1.807) is 30.3 Å². The number of carbonyl (C=O) groups is 2. The molecule has 1 saturated heterocycles. The maximum atomic E-state index is 13.5. The molecule has 0 radical (unpaired) electrons. The molecule has 3 aromatic carbocycles. The molecule has 4 nitrogen and oxygen atoms in total. The van der Waals surface area contributed by atoms with Gasteiger partial charge in [-0.05, 0) is 23.3 Å². The highest BCUT2D eigenvalue weighted by Crippen LogP contribution is 2.40. The summed E-state index contributed by atoms with van der Waals surface area (Å²) < 4.78 is 13.5. The Labute approximate surface area is 167 Å². The van der Waals surface area contributed by atoms with Crippen molar-refractivity contribution in [3.8, 4) is 0 Å². The number of likely N-dealkylation sites (tertiary alicyclic amines) is 1. The first-order valence-corrected chi connectivity index (χ1v) is 9.19. The van der Waals surface area contributed by atoms with E-state index in [1.165, 1.54) is 29.2 Å². The Hall–Kier alpha value is -3.73. The van der Waals surface area contributed by atoms with Gasteiger partial charge in [-0.3, -0.25) is 9.59 Å². The first-order valence-electron chi connectivity index (χ1n) is 9.19. The van der Waals surface area contributed by atoms with E-state index >= 15 is 0 Å². The molecule has 29 heavy (non-hydrogen) atoms. The number of hydrogen-bond donors (Lipinski definition) is 1. The molecule has 0 aliphatic carbocycles. The molecule has 1 aliphatic rings. The Balaban J connectivity index is 1.86. The highest BCUT2D eigenvalue weighted by atomic mass is 19.1. The van der Waals surface area contributed by atoms with E-state index in [0.29, 0.717) is 11.1 Å². The van der Waals surface area contributed by atoms with E-state index in [4.69, 9.17) is 0 Å². The molecular formula is C24H18FNO3. The third-order valence-corrected chi connectivity index (χ3v) is 4.97. The predicted molar refractivity (Wildman–Crippen MR) is 107 cm³/mol. The number of carbonyl (C=O) groups excluding carboxylic acids is 2. The lowest BCUT2D eigenvalue weighted by Crippen LogP contribution is -2.29. The highest BCUT2D eigenvalue weighted by Gasteiger charge is 2.46. The monoisotopic (exact) mass is 387 g/mol. The third kappa shape index (κ3) is 3.55. The second-order valence-corrected chi connectivity index (χ2v) is 6.83. The van der Waals surface area contributed by atoms with Gasteiger partial charge in [0.05, 0.1) is 11.6 Å². The molecule has 0 bridgehead atoms. The lowest BCUT2D eigenvalue weighted by molar-refractivity contribution is -0.140. The minimum Gasteiger partial charge on any atom is -0.507 e. The van der Waals surface area contributed by atoms with Gasteiger partial charge in [0, 0.05) is 12.1 Å². The molecule has 0 spiro atoms. The van der Waals surface area contributed by atoms with Crippen molar-refractivity contribution in [2.45, 2.75) is 12.6 Å². The van der Waals surface area contributed by atoms with Gasteiger partial charge in [0.1, 0.15) is 11.6 Å². The van der Waals surface area contributed by atoms with Crippen molar-refractivity contribution in [2.75, 3.05) is 0 Å². The van der Waals surface area contributed by atoms with Crippen LogP contribution in [-0.4, -0.2) is 21.7 Å². The molecule has 0 unspecified atom stereocenters. The van der Waals surface area contributed by atoms with Crippen molar-refractivity contribution in [2.24, 2.45) is 0 Å². The third-order valence-electron chi connectivity index (χ3n) is 4.97. The van der Waals surface area contributed by atoms with E-state index < -0.39 is 23.5 Å². The molecule has 5 heteroatoms. The average molecular weight is 387 g/mol. The zero-order valence-corrected chi connectivity index (χ0v) is 15.5. The number of nitrogens with zero attached hydrogens (tertiary/aromatic N) is 1. The quantitative estimate of drug-likeness (QED) is 0.409. The predicted octanol–water partition coefficient (Wildman–Crippen LogP) is 4.45. The topological polar surface area (TPSA) is 57.6 Å². The second-order valence-electron chi connectivity index (χ2n) is 6.83. The first-order chi connectivity index (χ1) is 14.1. The fourth-order valence-electron chi connectivity index (χ4n) is 3.57. The van der Waals surface area contributed by atoms with Crippen LogP contribution in [0.1, 0.15) is 22.7 Å². The number of aliphatic hydroxyl groups is 1. The summed E-state index contributed by atoms with van der Waals surface area (Å²) in [5.74, 6) is -2.11. The van der Waals surface area contributed by atoms with Crippen LogP contribution in [-0.2, 0) is 16.1 Å². The number of Topliss-reactive ketones (excluding diaryl/α,β-unsaturated/α-hetero) is 1. The fourth-order valence-corrected chi connectivity index (χ4v) is 3.57. The van der Waals surface area contributed by atoms with Gasteiger partial charge >= 0.3 is 0 Å².